The molecule has 2 aromatic rings. The van der Waals surface area contributed by atoms with E-state index in [-0.39, 0.29) is 0 Å². The molecule has 1 heterocycles. The summed E-state index contributed by atoms with van der Waals surface area (Å²) in [4.78, 5) is 0. The van der Waals surface area contributed by atoms with Crippen molar-refractivity contribution in [1.82, 2.24) is 20.2 Å². The fourth-order valence-corrected chi connectivity index (χ4v) is 2.20. The monoisotopic (exact) mass is 293 g/mol. The second kappa shape index (κ2) is 4.10. The van der Waals surface area contributed by atoms with Crippen LogP contribution in [0.1, 0.15) is 12.8 Å². The van der Waals surface area contributed by atoms with Gasteiger partial charge in [-0.2, -0.15) is 0 Å². The molecule has 0 saturated heterocycles. The molecule has 0 atom stereocenters. The molecule has 0 aliphatic heterocycles. The van der Waals surface area contributed by atoms with Crippen LogP contribution in [0, 0.1) is 5.92 Å². The Kier molecular flexibility index (Phi) is 2.58. The Bertz CT molecular complexity index is 547. The van der Waals surface area contributed by atoms with Crippen LogP contribution in [-0.2, 0) is 6.54 Å². The Morgan fingerprint density at radius 2 is 2.24 bits per heavy atom. The first-order valence-corrected chi connectivity index (χ1v) is 6.35. The molecule has 1 fully saturated rings. The summed E-state index contributed by atoms with van der Waals surface area (Å²) in [5.41, 5.74) is 7.45. The Labute approximate surface area is 107 Å². The molecule has 1 aromatic carbocycles. The summed E-state index contributed by atoms with van der Waals surface area (Å²) < 4.78 is 2.82. The van der Waals surface area contributed by atoms with Gasteiger partial charge in [-0.3, -0.25) is 0 Å². The first kappa shape index (κ1) is 10.7. The highest BCUT2D eigenvalue weighted by Crippen LogP contribution is 2.33. The van der Waals surface area contributed by atoms with Gasteiger partial charge in [0.15, 0.2) is 5.82 Å². The van der Waals surface area contributed by atoms with Gasteiger partial charge >= 0.3 is 0 Å². The van der Waals surface area contributed by atoms with Crippen LogP contribution in [0.4, 0.5) is 5.69 Å². The molecule has 1 saturated carbocycles. The Morgan fingerprint density at radius 1 is 1.41 bits per heavy atom. The van der Waals surface area contributed by atoms with Crippen molar-refractivity contribution in [2.24, 2.45) is 5.92 Å². The fraction of sp³-hybridized carbons (Fsp3) is 0.364. The standard InChI is InChI=1S/C11H12BrN5/c12-10-4-3-8(13)5-9(10)11-14-15-16-17(11)6-7-1-2-7/h3-5,7H,1-2,6,13H2. The molecule has 17 heavy (non-hydrogen) atoms. The number of nitrogen functional groups attached to an aromatic ring is 1. The lowest BCUT2D eigenvalue weighted by molar-refractivity contribution is 0.548. The van der Waals surface area contributed by atoms with Crippen molar-refractivity contribution in [3.05, 3.63) is 22.7 Å². The first-order chi connectivity index (χ1) is 8.24. The lowest BCUT2D eigenvalue weighted by atomic mass is 10.2. The quantitative estimate of drug-likeness (QED) is 0.880. The third kappa shape index (κ3) is 2.17. The van der Waals surface area contributed by atoms with Gasteiger partial charge in [-0.1, -0.05) is 15.9 Å². The van der Waals surface area contributed by atoms with Crippen LogP contribution in [0.5, 0.6) is 0 Å². The number of tetrazole rings is 1. The normalized spacial score (nSPS) is 15.1. The molecule has 0 spiro atoms. The van der Waals surface area contributed by atoms with Gasteiger partial charge in [0.2, 0.25) is 0 Å². The maximum absolute atomic E-state index is 5.80. The molecule has 88 valence electrons. The SMILES string of the molecule is Nc1ccc(Br)c(-c2nnnn2CC2CC2)c1. The maximum atomic E-state index is 5.80. The van der Waals surface area contributed by atoms with Crippen molar-refractivity contribution in [3.8, 4) is 11.4 Å². The first-order valence-electron chi connectivity index (χ1n) is 5.55. The van der Waals surface area contributed by atoms with Crippen LogP contribution < -0.4 is 5.73 Å². The maximum Gasteiger partial charge on any atom is 0.183 e. The van der Waals surface area contributed by atoms with Gasteiger partial charge in [0.05, 0.1) is 0 Å². The van der Waals surface area contributed by atoms with Crippen molar-refractivity contribution in [2.75, 3.05) is 5.73 Å². The van der Waals surface area contributed by atoms with Gasteiger partial charge in [-0.05, 0) is 47.4 Å². The predicted molar refractivity (Wildman–Crippen MR) is 68.1 cm³/mol. The number of rotatable bonds is 3. The zero-order valence-electron chi connectivity index (χ0n) is 9.17. The highest BCUT2D eigenvalue weighted by Gasteiger charge is 2.24. The van der Waals surface area contributed by atoms with Gasteiger partial charge < -0.3 is 5.73 Å². The minimum Gasteiger partial charge on any atom is -0.399 e. The van der Waals surface area contributed by atoms with E-state index in [1.54, 1.807) is 0 Å². The molecular formula is C11H12BrN5. The molecule has 1 aromatic heterocycles. The van der Waals surface area contributed by atoms with E-state index in [0.717, 1.165) is 28.3 Å². The second-order valence-electron chi connectivity index (χ2n) is 4.37. The summed E-state index contributed by atoms with van der Waals surface area (Å²) in [6.07, 6.45) is 2.55. The lowest BCUT2D eigenvalue weighted by Gasteiger charge is -2.06. The van der Waals surface area contributed by atoms with Crippen molar-refractivity contribution in [3.63, 3.8) is 0 Å². The fourth-order valence-electron chi connectivity index (χ4n) is 1.78. The van der Waals surface area contributed by atoms with Gasteiger partial charge in [0.1, 0.15) is 0 Å². The van der Waals surface area contributed by atoms with Crippen LogP contribution in [0.15, 0.2) is 22.7 Å². The van der Waals surface area contributed by atoms with Crippen LogP contribution in [0.3, 0.4) is 0 Å². The Morgan fingerprint density at radius 3 is 3.00 bits per heavy atom. The van der Waals surface area contributed by atoms with E-state index in [9.17, 15) is 0 Å². The molecule has 0 amide bonds. The third-order valence-corrected chi connectivity index (χ3v) is 3.58. The number of aromatic nitrogens is 4. The summed E-state index contributed by atoms with van der Waals surface area (Å²) in [6, 6.07) is 5.66. The van der Waals surface area contributed by atoms with E-state index in [2.05, 4.69) is 31.5 Å². The Balaban J connectivity index is 2.01. The molecule has 1 aliphatic carbocycles. The molecule has 0 bridgehead atoms. The van der Waals surface area contributed by atoms with Crippen molar-refractivity contribution >= 4 is 21.6 Å². The van der Waals surface area contributed by atoms with E-state index in [0.29, 0.717) is 5.69 Å². The number of nitrogens with zero attached hydrogens (tertiary/aromatic N) is 4. The molecular weight excluding hydrogens is 282 g/mol. The molecule has 3 rings (SSSR count). The summed E-state index contributed by atoms with van der Waals surface area (Å²) >= 11 is 3.50. The average Bonchev–Trinajstić information content (AvgIpc) is 3.00. The molecule has 1 aliphatic rings. The zero-order valence-corrected chi connectivity index (χ0v) is 10.8. The number of anilines is 1. The van der Waals surface area contributed by atoms with Gasteiger partial charge in [0.25, 0.3) is 0 Å². The van der Waals surface area contributed by atoms with Crippen molar-refractivity contribution in [2.45, 2.75) is 19.4 Å². The number of halogens is 1. The van der Waals surface area contributed by atoms with Crippen LogP contribution in [0.2, 0.25) is 0 Å². The summed E-state index contributed by atoms with van der Waals surface area (Å²) in [5.74, 6) is 1.51. The van der Waals surface area contributed by atoms with Crippen LogP contribution in [0.25, 0.3) is 11.4 Å². The van der Waals surface area contributed by atoms with Gasteiger partial charge in [-0.15, -0.1) is 5.10 Å². The smallest absolute Gasteiger partial charge is 0.183 e. The number of hydrogen-bond donors (Lipinski definition) is 1. The third-order valence-electron chi connectivity index (χ3n) is 2.89. The molecule has 0 radical (unpaired) electrons. The summed E-state index contributed by atoms with van der Waals surface area (Å²) in [7, 11) is 0. The molecule has 0 unspecified atom stereocenters. The van der Waals surface area contributed by atoms with Gasteiger partial charge in [0, 0.05) is 22.3 Å². The average molecular weight is 294 g/mol. The summed E-state index contributed by atoms with van der Waals surface area (Å²) in [6.45, 7) is 0.892. The number of benzene rings is 1. The van der Waals surface area contributed by atoms with E-state index >= 15 is 0 Å². The topological polar surface area (TPSA) is 69.6 Å². The minimum atomic E-state index is 0.712. The lowest BCUT2D eigenvalue weighted by Crippen LogP contribution is -2.05. The summed E-state index contributed by atoms with van der Waals surface area (Å²) in [5, 5.41) is 11.9. The van der Waals surface area contributed by atoms with E-state index in [1.165, 1.54) is 12.8 Å². The van der Waals surface area contributed by atoms with Gasteiger partial charge in [-0.25, -0.2) is 4.68 Å². The van der Waals surface area contributed by atoms with Crippen molar-refractivity contribution < 1.29 is 0 Å². The minimum absolute atomic E-state index is 0.712. The van der Waals surface area contributed by atoms with Crippen molar-refractivity contribution in [1.29, 1.82) is 0 Å². The highest BCUT2D eigenvalue weighted by atomic mass is 79.9. The van der Waals surface area contributed by atoms with Crippen LogP contribution >= 0.6 is 15.9 Å². The van der Waals surface area contributed by atoms with Crippen LogP contribution in [-0.4, -0.2) is 20.2 Å². The number of nitrogens with two attached hydrogens (primary N) is 1. The zero-order chi connectivity index (χ0) is 11.8. The van der Waals surface area contributed by atoms with E-state index in [1.807, 2.05) is 22.9 Å². The molecule has 6 heteroatoms. The molecule has 2 N–H and O–H groups in total. The number of hydrogen-bond acceptors (Lipinski definition) is 4. The second-order valence-corrected chi connectivity index (χ2v) is 5.22. The van der Waals surface area contributed by atoms with E-state index in [4.69, 9.17) is 5.73 Å². The highest BCUT2D eigenvalue weighted by molar-refractivity contribution is 9.10. The largest absolute Gasteiger partial charge is 0.399 e. The van der Waals surface area contributed by atoms with E-state index < -0.39 is 0 Å². The molecule has 5 nitrogen and oxygen atoms in total. The Hall–Kier alpha value is -1.43. The predicted octanol–water partition coefficient (Wildman–Crippen LogP) is 2.09.